The zero-order chi connectivity index (χ0) is 20.4. The average molecular weight is 388 g/mol. The number of aromatic nitrogens is 1. The number of hydrogen-bond donors (Lipinski definition) is 0. The second-order valence-electron chi connectivity index (χ2n) is 7.75. The van der Waals surface area contributed by atoms with Crippen LogP contribution in [0.1, 0.15) is 35.3 Å². The maximum Gasteiger partial charge on any atom is 0.254 e. The highest BCUT2D eigenvalue weighted by Crippen LogP contribution is 2.31. The van der Waals surface area contributed by atoms with E-state index in [0.717, 1.165) is 72.4 Å². The van der Waals surface area contributed by atoms with Gasteiger partial charge in [-0.25, -0.2) is 4.98 Å². The molecular weight excluding hydrogens is 358 g/mol. The summed E-state index contributed by atoms with van der Waals surface area (Å²) in [5.74, 6) is 0.128. The van der Waals surface area contributed by atoms with Crippen molar-refractivity contribution in [1.82, 2.24) is 14.8 Å². The van der Waals surface area contributed by atoms with Gasteiger partial charge in [0, 0.05) is 37.1 Å². The number of benzene rings is 2. The third kappa shape index (κ3) is 3.77. The van der Waals surface area contributed by atoms with Gasteiger partial charge in [-0.3, -0.25) is 4.79 Å². The number of likely N-dealkylation sites (N-methyl/N-ethyl adjacent to an activating group) is 1. The van der Waals surface area contributed by atoms with E-state index in [0.29, 0.717) is 0 Å². The Kier molecular flexibility index (Phi) is 5.63. The van der Waals surface area contributed by atoms with Crippen LogP contribution in [0.4, 0.5) is 0 Å². The minimum absolute atomic E-state index is 0.128. The van der Waals surface area contributed by atoms with Crippen molar-refractivity contribution in [3.8, 4) is 11.3 Å². The number of nitrogens with zero attached hydrogens (tertiary/aromatic N) is 3. The quantitative estimate of drug-likeness (QED) is 0.659. The summed E-state index contributed by atoms with van der Waals surface area (Å²) < 4.78 is 0. The molecule has 3 aromatic rings. The van der Waals surface area contributed by atoms with E-state index < -0.39 is 0 Å². The number of para-hydroxylation sites is 1. The monoisotopic (exact) mass is 387 g/mol. The SMILES string of the molecule is CCc1ccc(-c2nc3ccccc3c(C(=O)N3CCN(CC)CC3)c2C)cc1. The number of aryl methyl sites for hydroxylation is 1. The zero-order valence-electron chi connectivity index (χ0n) is 17.6. The van der Waals surface area contributed by atoms with Crippen LogP contribution in [0.15, 0.2) is 48.5 Å². The first-order valence-electron chi connectivity index (χ1n) is 10.6. The number of hydrogen-bond acceptors (Lipinski definition) is 3. The topological polar surface area (TPSA) is 36.4 Å². The third-order valence-electron chi connectivity index (χ3n) is 6.09. The summed E-state index contributed by atoms with van der Waals surface area (Å²) in [6.45, 7) is 10.9. The Balaban J connectivity index is 1.80. The maximum absolute atomic E-state index is 13.6. The molecule has 0 aliphatic carbocycles. The zero-order valence-corrected chi connectivity index (χ0v) is 17.6. The molecule has 1 fully saturated rings. The van der Waals surface area contributed by atoms with E-state index in [-0.39, 0.29) is 5.91 Å². The van der Waals surface area contributed by atoms with Crippen molar-refractivity contribution in [3.05, 3.63) is 65.2 Å². The van der Waals surface area contributed by atoms with E-state index >= 15 is 0 Å². The summed E-state index contributed by atoms with van der Waals surface area (Å²) >= 11 is 0. The van der Waals surface area contributed by atoms with Gasteiger partial charge in [-0.2, -0.15) is 0 Å². The van der Waals surface area contributed by atoms with E-state index in [1.165, 1.54) is 5.56 Å². The van der Waals surface area contributed by atoms with Gasteiger partial charge in [0.25, 0.3) is 5.91 Å². The van der Waals surface area contributed by atoms with Gasteiger partial charge in [0.1, 0.15) is 0 Å². The normalized spacial score (nSPS) is 15.1. The molecule has 0 N–H and O–H groups in total. The molecule has 29 heavy (non-hydrogen) atoms. The first-order valence-corrected chi connectivity index (χ1v) is 10.6. The number of amides is 1. The van der Waals surface area contributed by atoms with Gasteiger partial charge in [0.05, 0.1) is 16.8 Å². The Bertz CT molecular complexity index is 1020. The van der Waals surface area contributed by atoms with Crippen LogP contribution in [0.25, 0.3) is 22.2 Å². The largest absolute Gasteiger partial charge is 0.336 e. The summed E-state index contributed by atoms with van der Waals surface area (Å²) in [6, 6.07) is 16.6. The summed E-state index contributed by atoms with van der Waals surface area (Å²) in [5, 5.41) is 0.946. The van der Waals surface area contributed by atoms with Crippen molar-refractivity contribution in [3.63, 3.8) is 0 Å². The Labute approximate surface area is 173 Å². The van der Waals surface area contributed by atoms with Crippen LogP contribution in [0.3, 0.4) is 0 Å². The molecule has 4 heteroatoms. The van der Waals surface area contributed by atoms with Crippen molar-refractivity contribution in [2.75, 3.05) is 32.7 Å². The molecule has 0 bridgehead atoms. The van der Waals surface area contributed by atoms with Crippen molar-refractivity contribution in [2.45, 2.75) is 27.2 Å². The Hall–Kier alpha value is -2.72. The van der Waals surface area contributed by atoms with Crippen LogP contribution >= 0.6 is 0 Å². The smallest absolute Gasteiger partial charge is 0.254 e. The van der Waals surface area contributed by atoms with Gasteiger partial charge < -0.3 is 9.80 Å². The molecule has 1 aliphatic heterocycles. The summed E-state index contributed by atoms with van der Waals surface area (Å²) in [7, 11) is 0. The summed E-state index contributed by atoms with van der Waals surface area (Å²) in [5.41, 5.74) is 5.92. The highest BCUT2D eigenvalue weighted by atomic mass is 16.2. The fraction of sp³-hybridized carbons (Fsp3) is 0.360. The van der Waals surface area contributed by atoms with E-state index in [1.54, 1.807) is 0 Å². The standard InChI is InChI=1S/C25H29N3O/c1-4-19-10-12-20(13-11-19)24-18(3)23(21-8-6-7-9-22(21)26-24)25(29)28-16-14-27(5-2)15-17-28/h6-13H,4-5,14-17H2,1-3H3. The highest BCUT2D eigenvalue weighted by Gasteiger charge is 2.26. The predicted molar refractivity (Wildman–Crippen MR) is 119 cm³/mol. The van der Waals surface area contributed by atoms with E-state index in [4.69, 9.17) is 4.98 Å². The molecule has 0 saturated carbocycles. The molecular formula is C25H29N3O. The molecule has 4 nitrogen and oxygen atoms in total. The van der Waals surface area contributed by atoms with Gasteiger partial charge in [-0.1, -0.05) is 56.3 Å². The van der Waals surface area contributed by atoms with Crippen LogP contribution in [0, 0.1) is 6.92 Å². The van der Waals surface area contributed by atoms with Crippen LogP contribution < -0.4 is 0 Å². The van der Waals surface area contributed by atoms with Gasteiger partial charge in [-0.05, 0) is 37.1 Å². The van der Waals surface area contributed by atoms with E-state index in [2.05, 4.69) is 43.0 Å². The molecule has 0 radical (unpaired) electrons. The lowest BCUT2D eigenvalue weighted by atomic mass is 9.96. The second-order valence-corrected chi connectivity index (χ2v) is 7.75. The van der Waals surface area contributed by atoms with Gasteiger partial charge >= 0.3 is 0 Å². The summed E-state index contributed by atoms with van der Waals surface area (Å²) in [6.07, 6.45) is 1.01. The van der Waals surface area contributed by atoms with Crippen molar-refractivity contribution >= 4 is 16.8 Å². The van der Waals surface area contributed by atoms with Crippen LogP contribution in [0.5, 0.6) is 0 Å². The number of piperazine rings is 1. The fourth-order valence-corrected chi connectivity index (χ4v) is 4.19. The van der Waals surface area contributed by atoms with Crippen molar-refractivity contribution in [2.24, 2.45) is 0 Å². The molecule has 2 aromatic carbocycles. The van der Waals surface area contributed by atoms with Crippen LogP contribution in [-0.4, -0.2) is 53.4 Å². The minimum Gasteiger partial charge on any atom is -0.336 e. The Morgan fingerprint density at radius 2 is 1.66 bits per heavy atom. The Morgan fingerprint density at radius 1 is 0.966 bits per heavy atom. The number of carbonyl (C=O) groups is 1. The molecule has 0 atom stereocenters. The predicted octanol–water partition coefficient (Wildman–Crippen LogP) is 4.55. The molecule has 1 aliphatic rings. The first-order chi connectivity index (χ1) is 14.1. The number of rotatable bonds is 4. The molecule has 150 valence electrons. The summed E-state index contributed by atoms with van der Waals surface area (Å²) in [4.78, 5) is 22.9. The lowest BCUT2D eigenvalue weighted by Gasteiger charge is -2.34. The molecule has 1 aromatic heterocycles. The van der Waals surface area contributed by atoms with Gasteiger partial charge in [-0.15, -0.1) is 0 Å². The van der Waals surface area contributed by atoms with Gasteiger partial charge in [0.15, 0.2) is 0 Å². The van der Waals surface area contributed by atoms with E-state index in [9.17, 15) is 4.79 Å². The molecule has 1 saturated heterocycles. The van der Waals surface area contributed by atoms with Crippen molar-refractivity contribution in [1.29, 1.82) is 0 Å². The van der Waals surface area contributed by atoms with Gasteiger partial charge in [0.2, 0.25) is 0 Å². The lowest BCUT2D eigenvalue weighted by Crippen LogP contribution is -2.48. The van der Waals surface area contributed by atoms with Crippen molar-refractivity contribution < 1.29 is 4.79 Å². The Morgan fingerprint density at radius 3 is 2.31 bits per heavy atom. The third-order valence-corrected chi connectivity index (χ3v) is 6.09. The van der Waals surface area contributed by atoms with Crippen LogP contribution in [-0.2, 0) is 6.42 Å². The van der Waals surface area contributed by atoms with E-state index in [1.807, 2.05) is 36.1 Å². The minimum atomic E-state index is 0.128. The maximum atomic E-state index is 13.6. The lowest BCUT2D eigenvalue weighted by molar-refractivity contribution is 0.0644. The molecule has 4 rings (SSSR count). The highest BCUT2D eigenvalue weighted by molar-refractivity contribution is 6.08. The van der Waals surface area contributed by atoms with Crippen LogP contribution in [0.2, 0.25) is 0 Å². The molecule has 0 spiro atoms. The second kappa shape index (κ2) is 8.34. The number of carbonyl (C=O) groups excluding carboxylic acids is 1. The average Bonchev–Trinajstić information content (AvgIpc) is 2.78. The molecule has 2 heterocycles. The number of fused-ring (bicyclic) bond motifs is 1. The first kappa shape index (κ1) is 19.6. The number of pyridine rings is 1. The fourth-order valence-electron chi connectivity index (χ4n) is 4.19. The molecule has 0 unspecified atom stereocenters. The molecule has 1 amide bonds.